The van der Waals surface area contributed by atoms with E-state index in [1.807, 2.05) is 0 Å². The van der Waals surface area contributed by atoms with E-state index in [-0.39, 0.29) is 5.76 Å². The molecule has 0 aliphatic carbocycles. The van der Waals surface area contributed by atoms with Gasteiger partial charge in [-0.2, -0.15) is 0 Å². The number of halogens is 1. The first-order valence-electron chi connectivity index (χ1n) is 3.26. The molecule has 74 valence electrons. The van der Waals surface area contributed by atoms with Crippen LogP contribution in [0.4, 0.5) is 5.88 Å². The van der Waals surface area contributed by atoms with Gasteiger partial charge >= 0.3 is 11.0 Å². The second-order valence-corrected chi connectivity index (χ2v) is 2.54. The molecule has 0 saturated heterocycles. The van der Waals surface area contributed by atoms with Crippen LogP contribution in [0.2, 0.25) is 0 Å². The Morgan fingerprint density at radius 1 is 1.43 bits per heavy atom. The summed E-state index contributed by atoms with van der Waals surface area (Å²) in [5.74, 6) is -0.539. The average Bonchev–Trinajstić information content (AvgIpc) is 2.52. The SMILES string of the molecule is O=[N+]([O-])C(Cl)=Cc1ccc([N+](=O)[O-])o1. The van der Waals surface area contributed by atoms with E-state index in [1.54, 1.807) is 0 Å². The van der Waals surface area contributed by atoms with E-state index in [1.165, 1.54) is 6.07 Å². The van der Waals surface area contributed by atoms with Gasteiger partial charge in [0.25, 0.3) is 0 Å². The second kappa shape index (κ2) is 3.88. The van der Waals surface area contributed by atoms with Crippen LogP contribution in [0.15, 0.2) is 21.7 Å². The molecule has 1 rings (SSSR count). The van der Waals surface area contributed by atoms with Gasteiger partial charge in [0.05, 0.1) is 17.1 Å². The predicted molar refractivity (Wildman–Crippen MR) is 46.2 cm³/mol. The zero-order valence-electron chi connectivity index (χ0n) is 6.55. The molecule has 0 radical (unpaired) electrons. The maximum absolute atomic E-state index is 10.2. The molecule has 0 aromatic carbocycles. The van der Waals surface area contributed by atoms with Crippen LogP contribution in [0.25, 0.3) is 6.08 Å². The predicted octanol–water partition coefficient (Wildman–Crippen LogP) is 2.00. The molecule has 0 unspecified atom stereocenters. The Balaban J connectivity index is 2.93. The molecule has 0 spiro atoms. The van der Waals surface area contributed by atoms with Crippen LogP contribution in [0.5, 0.6) is 0 Å². The fourth-order valence-corrected chi connectivity index (χ4v) is 0.796. The highest BCUT2D eigenvalue weighted by atomic mass is 35.5. The van der Waals surface area contributed by atoms with Gasteiger partial charge in [0.1, 0.15) is 10.7 Å². The van der Waals surface area contributed by atoms with E-state index in [4.69, 9.17) is 11.6 Å². The normalized spacial score (nSPS) is 11.4. The molecule has 1 aromatic heterocycles. The van der Waals surface area contributed by atoms with Crippen molar-refractivity contribution in [3.05, 3.63) is 43.3 Å². The van der Waals surface area contributed by atoms with E-state index in [2.05, 4.69) is 4.42 Å². The van der Waals surface area contributed by atoms with Crippen molar-refractivity contribution in [3.63, 3.8) is 0 Å². The molecule has 0 atom stereocenters. The maximum Gasteiger partial charge on any atom is 0.433 e. The third-order valence-corrected chi connectivity index (χ3v) is 1.48. The molecular formula is C6H3ClN2O5. The number of nitrogens with zero attached hydrogens (tertiary/aromatic N) is 2. The zero-order chi connectivity index (χ0) is 10.7. The number of nitro groups is 2. The second-order valence-electron chi connectivity index (χ2n) is 2.16. The lowest BCUT2D eigenvalue weighted by atomic mass is 10.4. The molecule has 0 aliphatic heterocycles. The summed E-state index contributed by atoms with van der Waals surface area (Å²) in [5, 5.41) is 19.6. The Morgan fingerprint density at radius 3 is 2.50 bits per heavy atom. The van der Waals surface area contributed by atoms with E-state index in [0.29, 0.717) is 0 Å². The summed E-state index contributed by atoms with van der Waals surface area (Å²) >= 11 is 5.17. The lowest BCUT2D eigenvalue weighted by molar-refractivity contribution is -0.410. The topological polar surface area (TPSA) is 99.4 Å². The van der Waals surface area contributed by atoms with Crippen molar-refractivity contribution in [1.29, 1.82) is 0 Å². The highest BCUT2D eigenvalue weighted by Crippen LogP contribution is 2.19. The molecule has 8 heteroatoms. The number of hydrogen-bond donors (Lipinski definition) is 0. The van der Waals surface area contributed by atoms with Crippen molar-refractivity contribution in [1.82, 2.24) is 0 Å². The average molecular weight is 219 g/mol. The Bertz CT molecular complexity index is 410. The van der Waals surface area contributed by atoms with Crippen molar-refractivity contribution in [2.24, 2.45) is 0 Å². The zero-order valence-corrected chi connectivity index (χ0v) is 7.30. The van der Waals surface area contributed by atoms with Crippen molar-refractivity contribution in [2.75, 3.05) is 0 Å². The van der Waals surface area contributed by atoms with Gasteiger partial charge in [-0.25, -0.2) is 0 Å². The summed E-state index contributed by atoms with van der Waals surface area (Å²) in [5.41, 5.74) is 0. The Hall–Kier alpha value is -1.89. The minimum Gasteiger partial charge on any atom is -0.401 e. The first kappa shape index (κ1) is 10.2. The quantitative estimate of drug-likeness (QED) is 0.439. The van der Waals surface area contributed by atoms with Gasteiger partial charge in [0, 0.05) is 0 Å². The summed E-state index contributed by atoms with van der Waals surface area (Å²) in [6.45, 7) is 0. The first-order valence-corrected chi connectivity index (χ1v) is 3.64. The Morgan fingerprint density at radius 2 is 2.07 bits per heavy atom. The van der Waals surface area contributed by atoms with Crippen LogP contribution in [0, 0.1) is 20.2 Å². The largest absolute Gasteiger partial charge is 0.433 e. The molecule has 1 heterocycles. The summed E-state index contributed by atoms with van der Waals surface area (Å²) in [6.07, 6.45) is 0.883. The minimum atomic E-state index is -0.837. The van der Waals surface area contributed by atoms with E-state index >= 15 is 0 Å². The van der Waals surface area contributed by atoms with Crippen LogP contribution in [0.3, 0.4) is 0 Å². The highest BCUT2D eigenvalue weighted by molar-refractivity contribution is 6.29. The van der Waals surface area contributed by atoms with Crippen LogP contribution in [-0.2, 0) is 0 Å². The maximum atomic E-state index is 10.2. The number of furan rings is 1. The summed E-state index contributed by atoms with van der Waals surface area (Å²) in [6, 6.07) is 2.29. The van der Waals surface area contributed by atoms with Crippen molar-refractivity contribution >= 4 is 23.6 Å². The van der Waals surface area contributed by atoms with Gasteiger partial charge in [0.15, 0.2) is 0 Å². The van der Waals surface area contributed by atoms with Crippen LogP contribution < -0.4 is 0 Å². The smallest absolute Gasteiger partial charge is 0.401 e. The summed E-state index contributed by atoms with van der Waals surface area (Å²) in [7, 11) is 0. The number of rotatable bonds is 3. The monoisotopic (exact) mass is 218 g/mol. The summed E-state index contributed by atoms with van der Waals surface area (Å²) in [4.78, 5) is 18.6. The lowest BCUT2D eigenvalue weighted by Crippen LogP contribution is -1.89. The highest BCUT2D eigenvalue weighted by Gasteiger charge is 2.13. The molecule has 7 nitrogen and oxygen atoms in total. The molecule has 0 bridgehead atoms. The van der Waals surface area contributed by atoms with Crippen LogP contribution in [0.1, 0.15) is 5.76 Å². The number of hydrogen-bond acceptors (Lipinski definition) is 5. The van der Waals surface area contributed by atoms with Gasteiger partial charge in [0.2, 0.25) is 0 Å². The van der Waals surface area contributed by atoms with E-state index < -0.39 is 20.9 Å². The van der Waals surface area contributed by atoms with Crippen molar-refractivity contribution in [2.45, 2.75) is 0 Å². The molecule has 0 saturated carbocycles. The van der Waals surface area contributed by atoms with Gasteiger partial charge < -0.3 is 4.42 Å². The molecule has 0 fully saturated rings. The lowest BCUT2D eigenvalue weighted by Gasteiger charge is -1.85. The molecule has 0 aliphatic rings. The van der Waals surface area contributed by atoms with Gasteiger partial charge in [-0.3, -0.25) is 20.2 Å². The standard InChI is InChI=1S/C6H3ClN2O5/c7-5(8(10)11)3-4-1-2-6(14-4)9(12)13/h1-3H. The molecule has 14 heavy (non-hydrogen) atoms. The van der Waals surface area contributed by atoms with Gasteiger partial charge in [-0.05, 0) is 17.7 Å². The Kier molecular flexibility index (Phi) is 2.82. The third kappa shape index (κ3) is 2.30. The van der Waals surface area contributed by atoms with Gasteiger partial charge in [-0.15, -0.1) is 0 Å². The van der Waals surface area contributed by atoms with Gasteiger partial charge in [-0.1, -0.05) is 0 Å². The van der Waals surface area contributed by atoms with Crippen molar-refractivity contribution in [3.8, 4) is 0 Å². The van der Waals surface area contributed by atoms with Crippen LogP contribution >= 0.6 is 11.6 Å². The first-order chi connectivity index (χ1) is 6.50. The minimum absolute atomic E-state index is 0.0431. The fraction of sp³-hybridized carbons (Fsp3) is 0. The summed E-state index contributed by atoms with van der Waals surface area (Å²) < 4.78 is 4.60. The van der Waals surface area contributed by atoms with Crippen molar-refractivity contribution < 1.29 is 14.3 Å². The van der Waals surface area contributed by atoms with Crippen LogP contribution in [-0.4, -0.2) is 9.85 Å². The fourth-order valence-electron chi connectivity index (χ4n) is 0.688. The third-order valence-electron chi connectivity index (χ3n) is 1.23. The molecule has 1 aromatic rings. The van der Waals surface area contributed by atoms with E-state index in [9.17, 15) is 20.2 Å². The molecule has 0 amide bonds. The van der Waals surface area contributed by atoms with E-state index in [0.717, 1.165) is 12.1 Å². The molecular weight excluding hydrogens is 216 g/mol. The Labute approximate surface area is 81.9 Å². The molecule has 0 N–H and O–H groups in total.